The number of likely N-dealkylation sites (tertiary alicyclic amines) is 1. The lowest BCUT2D eigenvalue weighted by Gasteiger charge is -2.35. The number of rotatable bonds is 3. The first kappa shape index (κ1) is 15.0. The Labute approximate surface area is 130 Å². The Morgan fingerprint density at radius 2 is 1.95 bits per heavy atom. The Kier molecular flexibility index (Phi) is 4.16. The van der Waals surface area contributed by atoms with Crippen molar-refractivity contribution in [1.29, 1.82) is 0 Å². The first-order chi connectivity index (χ1) is 10.6. The number of benzene rings is 1. The zero-order valence-electron chi connectivity index (χ0n) is 12.9. The van der Waals surface area contributed by atoms with E-state index in [0.717, 1.165) is 25.9 Å². The van der Waals surface area contributed by atoms with E-state index in [-0.39, 0.29) is 11.9 Å². The van der Waals surface area contributed by atoms with E-state index < -0.39 is 12.0 Å². The van der Waals surface area contributed by atoms with Gasteiger partial charge in [-0.25, -0.2) is 4.79 Å². The van der Waals surface area contributed by atoms with Crippen LogP contribution in [0.4, 0.5) is 0 Å². The van der Waals surface area contributed by atoms with Crippen LogP contribution < -0.4 is 0 Å². The SMILES string of the molecule is CC(C(=O)N1CCC[C@H]1C(=O)O)N1CCc2ccccc2C1. The van der Waals surface area contributed by atoms with Crippen LogP contribution in [0.1, 0.15) is 30.9 Å². The zero-order valence-corrected chi connectivity index (χ0v) is 12.9. The lowest BCUT2D eigenvalue weighted by molar-refractivity contribution is -0.150. The van der Waals surface area contributed by atoms with Crippen LogP contribution in [-0.4, -0.2) is 52.0 Å². The molecule has 118 valence electrons. The van der Waals surface area contributed by atoms with Gasteiger partial charge in [-0.15, -0.1) is 0 Å². The molecule has 0 saturated carbocycles. The van der Waals surface area contributed by atoms with Crippen molar-refractivity contribution in [2.24, 2.45) is 0 Å². The molecular formula is C17H22N2O3. The Hall–Kier alpha value is -1.88. The van der Waals surface area contributed by atoms with E-state index in [1.54, 1.807) is 4.90 Å². The van der Waals surface area contributed by atoms with Crippen LogP contribution in [0.3, 0.4) is 0 Å². The summed E-state index contributed by atoms with van der Waals surface area (Å²) in [5.41, 5.74) is 2.62. The van der Waals surface area contributed by atoms with Crippen molar-refractivity contribution >= 4 is 11.9 Å². The molecule has 1 unspecified atom stereocenters. The fourth-order valence-electron chi connectivity index (χ4n) is 3.53. The van der Waals surface area contributed by atoms with Crippen LogP contribution in [-0.2, 0) is 22.6 Å². The smallest absolute Gasteiger partial charge is 0.326 e. The van der Waals surface area contributed by atoms with Crippen LogP contribution >= 0.6 is 0 Å². The number of carbonyl (C=O) groups excluding carboxylic acids is 1. The van der Waals surface area contributed by atoms with E-state index in [1.807, 2.05) is 19.1 Å². The minimum absolute atomic E-state index is 0.0516. The van der Waals surface area contributed by atoms with E-state index in [4.69, 9.17) is 0 Å². The summed E-state index contributed by atoms with van der Waals surface area (Å²) in [6, 6.07) is 7.40. The van der Waals surface area contributed by atoms with Crippen LogP contribution in [0.15, 0.2) is 24.3 Å². The summed E-state index contributed by atoms with van der Waals surface area (Å²) in [4.78, 5) is 27.7. The summed E-state index contributed by atoms with van der Waals surface area (Å²) >= 11 is 0. The molecule has 2 heterocycles. The molecule has 0 bridgehead atoms. The summed E-state index contributed by atoms with van der Waals surface area (Å²) in [7, 11) is 0. The summed E-state index contributed by atoms with van der Waals surface area (Å²) in [5.74, 6) is -0.939. The van der Waals surface area contributed by atoms with Gasteiger partial charge in [0.05, 0.1) is 6.04 Å². The summed E-state index contributed by atoms with van der Waals surface area (Å²) < 4.78 is 0. The monoisotopic (exact) mass is 302 g/mol. The van der Waals surface area contributed by atoms with Crippen molar-refractivity contribution in [1.82, 2.24) is 9.80 Å². The van der Waals surface area contributed by atoms with Gasteiger partial charge in [0.1, 0.15) is 6.04 Å². The Morgan fingerprint density at radius 3 is 2.68 bits per heavy atom. The number of carboxylic acid groups (broad SMARTS) is 1. The minimum atomic E-state index is -0.887. The van der Waals surface area contributed by atoms with Gasteiger partial charge in [0.15, 0.2) is 0 Å². The highest BCUT2D eigenvalue weighted by Crippen LogP contribution is 2.24. The largest absolute Gasteiger partial charge is 0.480 e. The molecule has 2 aliphatic heterocycles. The van der Waals surface area contributed by atoms with Gasteiger partial charge in [-0.2, -0.15) is 0 Å². The molecule has 0 spiro atoms. The molecule has 5 heteroatoms. The third kappa shape index (κ3) is 2.73. The van der Waals surface area contributed by atoms with Crippen molar-refractivity contribution in [2.75, 3.05) is 13.1 Å². The van der Waals surface area contributed by atoms with Gasteiger partial charge in [-0.3, -0.25) is 9.69 Å². The van der Waals surface area contributed by atoms with Gasteiger partial charge in [0.25, 0.3) is 0 Å². The molecule has 22 heavy (non-hydrogen) atoms. The van der Waals surface area contributed by atoms with Gasteiger partial charge in [0.2, 0.25) is 5.91 Å². The fourth-order valence-corrected chi connectivity index (χ4v) is 3.53. The average Bonchev–Trinajstić information content (AvgIpc) is 3.03. The predicted octanol–water partition coefficient (Wildman–Crippen LogP) is 1.51. The van der Waals surface area contributed by atoms with Crippen molar-refractivity contribution in [3.63, 3.8) is 0 Å². The molecule has 1 aromatic rings. The molecule has 1 N–H and O–H groups in total. The maximum Gasteiger partial charge on any atom is 0.326 e. The predicted molar refractivity (Wildman–Crippen MR) is 82.4 cm³/mol. The number of hydrogen-bond donors (Lipinski definition) is 1. The van der Waals surface area contributed by atoms with Gasteiger partial charge < -0.3 is 10.0 Å². The van der Waals surface area contributed by atoms with E-state index in [1.165, 1.54) is 11.1 Å². The number of hydrogen-bond acceptors (Lipinski definition) is 3. The van der Waals surface area contributed by atoms with Crippen LogP contribution in [0.25, 0.3) is 0 Å². The van der Waals surface area contributed by atoms with Crippen molar-refractivity contribution in [3.8, 4) is 0 Å². The van der Waals surface area contributed by atoms with Crippen molar-refractivity contribution in [3.05, 3.63) is 35.4 Å². The number of carboxylic acids is 1. The molecule has 3 rings (SSSR count). The van der Waals surface area contributed by atoms with E-state index in [2.05, 4.69) is 17.0 Å². The summed E-state index contributed by atoms with van der Waals surface area (Å²) in [5, 5.41) is 9.25. The molecule has 2 atom stereocenters. The molecule has 1 saturated heterocycles. The maximum absolute atomic E-state index is 12.7. The maximum atomic E-state index is 12.7. The highest BCUT2D eigenvalue weighted by Gasteiger charge is 2.37. The van der Waals surface area contributed by atoms with Crippen LogP contribution in [0.5, 0.6) is 0 Å². The first-order valence-electron chi connectivity index (χ1n) is 7.92. The standard InChI is InChI=1S/C17H22N2O3/c1-12(16(20)19-9-4-7-15(19)17(21)22)18-10-8-13-5-2-3-6-14(13)11-18/h2-3,5-6,12,15H,4,7-11H2,1H3,(H,21,22)/t12?,15-/m0/s1. The molecule has 5 nitrogen and oxygen atoms in total. The first-order valence-corrected chi connectivity index (χ1v) is 7.92. The minimum Gasteiger partial charge on any atom is -0.480 e. The van der Waals surface area contributed by atoms with Crippen molar-refractivity contribution in [2.45, 2.75) is 44.8 Å². The molecule has 1 amide bonds. The van der Waals surface area contributed by atoms with E-state index in [0.29, 0.717) is 13.0 Å². The Bertz CT molecular complexity index is 587. The molecular weight excluding hydrogens is 280 g/mol. The van der Waals surface area contributed by atoms with Gasteiger partial charge >= 0.3 is 5.97 Å². The topological polar surface area (TPSA) is 60.9 Å². The highest BCUT2D eigenvalue weighted by atomic mass is 16.4. The van der Waals surface area contributed by atoms with Gasteiger partial charge in [0, 0.05) is 19.6 Å². The van der Waals surface area contributed by atoms with Crippen LogP contribution in [0.2, 0.25) is 0 Å². The number of carbonyl (C=O) groups is 2. The quantitative estimate of drug-likeness (QED) is 0.919. The molecule has 0 aliphatic carbocycles. The normalized spacial score (nSPS) is 23.1. The summed E-state index contributed by atoms with van der Waals surface area (Å²) in [6.07, 6.45) is 2.28. The van der Waals surface area contributed by atoms with Gasteiger partial charge in [-0.05, 0) is 37.3 Å². The Morgan fingerprint density at radius 1 is 1.23 bits per heavy atom. The molecule has 1 aromatic carbocycles. The number of nitrogens with zero attached hydrogens (tertiary/aromatic N) is 2. The second-order valence-corrected chi connectivity index (χ2v) is 6.19. The lowest BCUT2D eigenvalue weighted by Crippen LogP contribution is -2.51. The second-order valence-electron chi connectivity index (χ2n) is 6.19. The van der Waals surface area contributed by atoms with Gasteiger partial charge in [-0.1, -0.05) is 24.3 Å². The Balaban J connectivity index is 1.70. The van der Waals surface area contributed by atoms with Crippen molar-refractivity contribution < 1.29 is 14.7 Å². The number of amides is 1. The number of fused-ring (bicyclic) bond motifs is 1. The number of aliphatic carboxylic acids is 1. The molecule has 1 fully saturated rings. The molecule has 0 radical (unpaired) electrons. The van der Waals surface area contributed by atoms with Crippen LogP contribution in [0, 0.1) is 0 Å². The lowest BCUT2D eigenvalue weighted by atomic mass is 9.98. The highest BCUT2D eigenvalue weighted by molar-refractivity contribution is 5.87. The van der Waals surface area contributed by atoms with E-state index >= 15 is 0 Å². The average molecular weight is 302 g/mol. The zero-order chi connectivity index (χ0) is 15.7. The third-order valence-electron chi connectivity index (χ3n) is 4.89. The third-order valence-corrected chi connectivity index (χ3v) is 4.89. The second kappa shape index (κ2) is 6.08. The summed E-state index contributed by atoms with van der Waals surface area (Å²) in [6.45, 7) is 4.06. The fraction of sp³-hybridized carbons (Fsp3) is 0.529. The molecule has 2 aliphatic rings. The molecule has 0 aromatic heterocycles. The van der Waals surface area contributed by atoms with E-state index in [9.17, 15) is 14.7 Å².